The minimum atomic E-state index is -1.28. The zero-order valence-corrected chi connectivity index (χ0v) is 49.5. The molecule has 22 heteroatoms. The number of carbonyl (C=O) groups excluding carboxylic acids is 4. The van der Waals surface area contributed by atoms with Gasteiger partial charge in [-0.2, -0.15) is 0 Å². The van der Waals surface area contributed by atoms with Crippen molar-refractivity contribution in [3.05, 3.63) is 88.2 Å². The van der Waals surface area contributed by atoms with E-state index in [4.69, 9.17) is 36.1 Å². The second-order valence-corrected chi connectivity index (χ2v) is 22.7. The van der Waals surface area contributed by atoms with Gasteiger partial charge in [0.2, 0.25) is 11.8 Å². The van der Waals surface area contributed by atoms with Crippen molar-refractivity contribution in [1.82, 2.24) is 4.90 Å². The predicted octanol–water partition coefficient (Wildman–Crippen LogP) is 8.92. The molecule has 4 aromatic rings. The van der Waals surface area contributed by atoms with E-state index >= 15 is 0 Å². The summed E-state index contributed by atoms with van der Waals surface area (Å²) in [4.78, 5) is 53.4. The fourth-order valence-electron chi connectivity index (χ4n) is 5.52. The van der Waals surface area contributed by atoms with Crippen LogP contribution in [0.1, 0.15) is 36.8 Å². The molecule has 0 radical (unpaired) electrons. The van der Waals surface area contributed by atoms with Crippen molar-refractivity contribution in [2.75, 3.05) is 26.4 Å². The summed E-state index contributed by atoms with van der Waals surface area (Å²) in [5, 5.41) is 20.4. The summed E-state index contributed by atoms with van der Waals surface area (Å²) in [5.41, 5.74) is 19.5. The van der Waals surface area contributed by atoms with Crippen LogP contribution in [0.15, 0.2) is 48.5 Å². The molecule has 0 fully saturated rings. The number of nitrogens with two attached hydrogens (primary N) is 3. The lowest BCUT2D eigenvalue weighted by molar-refractivity contribution is -0.156. The number of amides is 4. The van der Waals surface area contributed by atoms with E-state index in [2.05, 4.69) is 90.4 Å². The van der Waals surface area contributed by atoms with Gasteiger partial charge in [-0.25, -0.2) is 4.90 Å². The molecule has 0 saturated heterocycles. The molecule has 62 heavy (non-hydrogen) atoms. The third-order valence-corrected chi connectivity index (χ3v) is 15.0. The van der Waals surface area contributed by atoms with Gasteiger partial charge in [-0.1, -0.05) is 0 Å². The first-order valence-corrected chi connectivity index (χ1v) is 26.9. The molecule has 0 bridgehead atoms. The highest BCUT2D eigenvalue weighted by Crippen LogP contribution is 2.39. The van der Waals surface area contributed by atoms with E-state index in [0.717, 1.165) is 14.3 Å². The summed E-state index contributed by atoms with van der Waals surface area (Å²) in [6.45, 7) is 0.899. The van der Waals surface area contributed by atoms with Crippen molar-refractivity contribution >= 4 is 204 Å². The Morgan fingerprint density at radius 1 is 0.532 bits per heavy atom. The number of phenols is 2. The van der Waals surface area contributed by atoms with E-state index in [9.17, 15) is 29.4 Å². The van der Waals surface area contributed by atoms with Crippen LogP contribution in [0.4, 0.5) is 0 Å². The van der Waals surface area contributed by atoms with Gasteiger partial charge in [0.25, 0.3) is 11.8 Å². The number of hydrogen-bond donors (Lipinski definition) is 5. The van der Waals surface area contributed by atoms with Gasteiger partial charge in [0.15, 0.2) is 11.5 Å². The van der Waals surface area contributed by atoms with Gasteiger partial charge in [0.1, 0.15) is 23.0 Å². The molecular formula is C40H38I8N4O10. The summed E-state index contributed by atoms with van der Waals surface area (Å²) < 4.78 is 28.9. The van der Waals surface area contributed by atoms with Crippen LogP contribution in [0.25, 0.3) is 0 Å². The summed E-state index contributed by atoms with van der Waals surface area (Å²) in [6.07, 6.45) is 1.14. The minimum Gasteiger partial charge on any atom is -0.506 e. The van der Waals surface area contributed by atoms with Crippen LogP contribution in [0.2, 0.25) is 0 Å². The van der Waals surface area contributed by atoms with E-state index in [1.54, 1.807) is 24.3 Å². The van der Waals surface area contributed by atoms with E-state index < -0.39 is 35.7 Å². The number of nitrogens with zero attached hydrogens (tertiary/aromatic N) is 1. The maximum absolute atomic E-state index is 14.1. The number of halogens is 8. The fraction of sp³-hybridized carbons (Fsp3) is 0.300. The number of aromatic hydroxyl groups is 2. The van der Waals surface area contributed by atoms with Crippen LogP contribution in [0, 0.1) is 28.6 Å². The largest absolute Gasteiger partial charge is 0.506 e. The molecular weight excluding hydrogens is 1710 g/mol. The number of ether oxygens (including phenoxy) is 4. The standard InChI is InChI=1S/C40H38I8N4O10/c41-23-15-21(16-24(42)35(23)55)61-37-27(45)9-19(10-28(37)46)13-31(49)39(57)52(34(54)4-8-60-6-2-1-5-59-7-3-33(51)53)40(58)32(50)14-20-11-29(47)38(30(48)12-20)62-22-17-25(43)36(56)26(44)18-22/h9-12,15-18,31-32,55-56H,1-8,13-14,49-50H2,(H2,51,53)/t31-,32-/m0/s1. The summed E-state index contributed by atoms with van der Waals surface area (Å²) in [6, 6.07) is 11.6. The molecule has 4 rings (SSSR count). The highest BCUT2D eigenvalue weighted by atomic mass is 127. The van der Waals surface area contributed by atoms with Crippen LogP contribution in [-0.2, 0) is 41.5 Å². The number of primary amides is 1. The molecule has 0 spiro atoms. The van der Waals surface area contributed by atoms with Gasteiger partial charge in [-0.15, -0.1) is 0 Å². The average Bonchev–Trinajstić information content (AvgIpc) is 3.19. The smallest absolute Gasteiger partial charge is 0.253 e. The summed E-state index contributed by atoms with van der Waals surface area (Å²) in [7, 11) is 0. The Morgan fingerprint density at radius 2 is 0.871 bits per heavy atom. The Labute approximate surface area is 467 Å². The van der Waals surface area contributed by atoms with Crippen molar-refractivity contribution in [3.63, 3.8) is 0 Å². The average molecular weight is 1750 g/mol. The molecule has 0 aliphatic carbocycles. The molecule has 2 atom stereocenters. The SMILES string of the molecule is NC(=O)CCOCCCCOCCC(=O)N(C(=O)[C@@H](N)Cc1cc(I)c(Oc2cc(I)c(O)c(I)c2)c(I)c1)C(=O)[C@@H](N)Cc1cc(I)c(Oc2cc(I)c(O)c(I)c2)c(I)c1. The van der Waals surface area contributed by atoms with Crippen LogP contribution >= 0.6 is 181 Å². The Morgan fingerprint density at radius 3 is 1.21 bits per heavy atom. The van der Waals surface area contributed by atoms with Gasteiger partial charge in [-0.3, -0.25) is 19.2 Å². The molecule has 4 amide bonds. The van der Waals surface area contributed by atoms with Crippen molar-refractivity contribution in [2.45, 2.75) is 50.6 Å². The molecule has 4 aromatic carbocycles. The topological polar surface area (TPSA) is 227 Å². The van der Waals surface area contributed by atoms with Crippen molar-refractivity contribution in [2.24, 2.45) is 17.2 Å². The second kappa shape index (κ2) is 26.5. The maximum atomic E-state index is 14.1. The number of phenolic OH excluding ortho intramolecular Hbond substituents is 2. The van der Waals surface area contributed by atoms with Crippen LogP contribution in [0.3, 0.4) is 0 Å². The third-order valence-electron chi connectivity index (χ3n) is 8.55. The van der Waals surface area contributed by atoms with E-state index in [1.807, 2.05) is 115 Å². The molecule has 14 nitrogen and oxygen atoms in total. The number of rotatable bonds is 21. The van der Waals surface area contributed by atoms with Crippen LogP contribution < -0.4 is 26.7 Å². The number of unbranched alkanes of at least 4 members (excludes halogenated alkanes) is 1. The molecule has 0 saturated carbocycles. The predicted molar refractivity (Wildman–Crippen MR) is 301 cm³/mol. The Balaban J connectivity index is 1.49. The number of benzene rings is 4. The van der Waals surface area contributed by atoms with Crippen molar-refractivity contribution in [1.29, 1.82) is 0 Å². The number of carbonyl (C=O) groups is 4. The maximum Gasteiger partial charge on any atom is 0.253 e. The van der Waals surface area contributed by atoms with Gasteiger partial charge < -0.3 is 46.4 Å². The summed E-state index contributed by atoms with van der Waals surface area (Å²) in [5.74, 6) is -0.433. The van der Waals surface area contributed by atoms with Gasteiger partial charge in [0.05, 0.1) is 60.3 Å². The fourth-order valence-corrected chi connectivity index (χ4v) is 13.2. The van der Waals surface area contributed by atoms with Crippen LogP contribution in [-0.4, -0.2) is 77.3 Å². The quantitative estimate of drug-likeness (QED) is 0.0389. The third kappa shape index (κ3) is 16.4. The lowest BCUT2D eigenvalue weighted by atomic mass is 10.0. The van der Waals surface area contributed by atoms with Crippen LogP contribution in [0.5, 0.6) is 34.5 Å². The lowest BCUT2D eigenvalue weighted by Gasteiger charge is -2.25. The Bertz CT molecular complexity index is 2080. The molecule has 0 aliphatic rings. The first-order chi connectivity index (χ1) is 29.3. The van der Waals surface area contributed by atoms with Crippen molar-refractivity contribution < 1.29 is 48.3 Å². The zero-order valence-electron chi connectivity index (χ0n) is 32.2. The molecule has 0 heterocycles. The summed E-state index contributed by atoms with van der Waals surface area (Å²) >= 11 is 16.7. The zero-order chi connectivity index (χ0) is 45.8. The van der Waals surface area contributed by atoms with E-state index in [1.165, 1.54) is 0 Å². The highest BCUT2D eigenvalue weighted by molar-refractivity contribution is 14.1. The lowest BCUT2D eigenvalue weighted by Crippen LogP contribution is -2.55. The minimum absolute atomic E-state index is 0.00141. The number of imide groups is 3. The van der Waals surface area contributed by atoms with Crippen molar-refractivity contribution in [3.8, 4) is 34.5 Å². The first kappa shape index (κ1) is 54.6. The molecule has 0 aromatic heterocycles. The van der Waals surface area contributed by atoms with Gasteiger partial charge in [-0.05, 0) is 266 Å². The highest BCUT2D eigenvalue weighted by Gasteiger charge is 2.35. The van der Waals surface area contributed by atoms with E-state index in [-0.39, 0.29) is 50.4 Å². The molecule has 0 aliphatic heterocycles. The van der Waals surface area contributed by atoms with E-state index in [0.29, 0.717) is 79.4 Å². The monoisotopic (exact) mass is 1750 g/mol. The molecule has 0 unspecified atom stereocenters. The molecule has 334 valence electrons. The molecule has 8 N–H and O–H groups in total. The normalized spacial score (nSPS) is 12.2. The second-order valence-electron chi connectivity index (χ2n) is 13.4. The number of hydrogen-bond acceptors (Lipinski definition) is 12. The van der Waals surface area contributed by atoms with Gasteiger partial charge >= 0.3 is 0 Å². The Hall–Kier alpha value is 0.0400. The Kier molecular flexibility index (Phi) is 23.4. The first-order valence-electron chi connectivity index (χ1n) is 18.3. The van der Waals surface area contributed by atoms with Gasteiger partial charge in [0, 0.05) is 19.6 Å².